The molecule has 0 spiro atoms. The number of hydrogen-bond acceptors (Lipinski definition) is 4. The molecule has 0 radical (unpaired) electrons. The summed E-state index contributed by atoms with van der Waals surface area (Å²) in [5.41, 5.74) is -0.345. The van der Waals surface area contributed by atoms with Crippen LogP contribution in [-0.2, 0) is 0 Å². The zero-order chi connectivity index (χ0) is 13.9. The Hall–Kier alpha value is -0.630. The second-order valence-electron chi connectivity index (χ2n) is 6.79. The molecule has 1 saturated carbocycles. The van der Waals surface area contributed by atoms with Crippen molar-refractivity contribution in [1.82, 2.24) is 15.1 Å². The molecule has 2 rings (SSSR count). The molecule has 2 fully saturated rings. The molecule has 2 unspecified atom stereocenters. The Morgan fingerprint density at radius 1 is 1.42 bits per heavy atom. The molecular formula is C15H28N4. The molecule has 4 heteroatoms. The maximum Gasteiger partial charge on any atom is 0.105 e. The fraction of sp³-hybridized carbons (Fsp3) is 0.933. The molecule has 1 saturated heterocycles. The first-order valence-electron chi connectivity index (χ1n) is 7.57. The first kappa shape index (κ1) is 14.8. The van der Waals surface area contributed by atoms with Crippen LogP contribution in [0.5, 0.6) is 0 Å². The van der Waals surface area contributed by atoms with Crippen LogP contribution in [0.25, 0.3) is 0 Å². The van der Waals surface area contributed by atoms with Gasteiger partial charge < -0.3 is 9.80 Å². The zero-order valence-electron chi connectivity index (χ0n) is 12.7. The molecule has 2 aliphatic rings. The van der Waals surface area contributed by atoms with Gasteiger partial charge in [-0.2, -0.15) is 5.26 Å². The number of hydrogen-bond donors (Lipinski definition) is 1. The third-order valence-corrected chi connectivity index (χ3v) is 4.40. The van der Waals surface area contributed by atoms with Gasteiger partial charge in [-0.1, -0.05) is 0 Å². The Labute approximate surface area is 117 Å². The fourth-order valence-corrected chi connectivity index (χ4v) is 2.96. The van der Waals surface area contributed by atoms with E-state index in [0.717, 1.165) is 25.4 Å². The molecule has 1 aliphatic heterocycles. The topological polar surface area (TPSA) is 42.3 Å². The molecule has 0 aromatic carbocycles. The summed E-state index contributed by atoms with van der Waals surface area (Å²) in [5.74, 6) is 0.805. The second-order valence-corrected chi connectivity index (χ2v) is 6.79. The Bertz CT molecular complexity index is 334. The normalized spacial score (nSPS) is 27.4. The lowest BCUT2D eigenvalue weighted by Gasteiger charge is -2.27. The highest BCUT2D eigenvalue weighted by molar-refractivity contribution is 5.07. The van der Waals surface area contributed by atoms with Crippen LogP contribution in [0.4, 0.5) is 0 Å². The van der Waals surface area contributed by atoms with Crippen molar-refractivity contribution in [3.63, 3.8) is 0 Å². The molecule has 0 aromatic heterocycles. The van der Waals surface area contributed by atoms with Crippen LogP contribution >= 0.6 is 0 Å². The first-order valence-corrected chi connectivity index (χ1v) is 7.57. The van der Waals surface area contributed by atoms with Gasteiger partial charge in [-0.15, -0.1) is 0 Å². The van der Waals surface area contributed by atoms with Crippen molar-refractivity contribution in [2.75, 3.05) is 40.3 Å². The number of nitrogens with zero attached hydrogens (tertiary/aromatic N) is 3. The van der Waals surface area contributed by atoms with E-state index in [0.29, 0.717) is 6.04 Å². The molecule has 108 valence electrons. The third kappa shape index (κ3) is 4.76. The van der Waals surface area contributed by atoms with Crippen LogP contribution in [0, 0.1) is 17.2 Å². The minimum Gasteiger partial charge on any atom is -0.306 e. The molecular weight excluding hydrogens is 236 g/mol. The van der Waals surface area contributed by atoms with Gasteiger partial charge in [0.05, 0.1) is 6.07 Å². The van der Waals surface area contributed by atoms with Crippen LogP contribution in [-0.4, -0.2) is 61.7 Å². The van der Waals surface area contributed by atoms with E-state index >= 15 is 0 Å². The van der Waals surface area contributed by atoms with Gasteiger partial charge in [-0.3, -0.25) is 5.32 Å². The molecule has 4 nitrogen and oxygen atoms in total. The summed E-state index contributed by atoms with van der Waals surface area (Å²) in [6.07, 6.45) is 4.71. The standard InChI is InChI=1S/C15H28N4/c1-15(12-16,17-14-4-5-14)7-9-19(3)11-13-6-8-18(2)10-13/h13-14,17H,4-11H2,1-3H3. The van der Waals surface area contributed by atoms with Gasteiger partial charge >= 0.3 is 0 Å². The first-order chi connectivity index (χ1) is 9.00. The van der Waals surface area contributed by atoms with Crippen LogP contribution < -0.4 is 5.32 Å². The van der Waals surface area contributed by atoms with Crippen molar-refractivity contribution in [1.29, 1.82) is 5.26 Å². The van der Waals surface area contributed by atoms with Crippen LogP contribution in [0.3, 0.4) is 0 Å². The summed E-state index contributed by atoms with van der Waals surface area (Å²) in [6, 6.07) is 3.06. The minimum absolute atomic E-state index is 0.345. The smallest absolute Gasteiger partial charge is 0.105 e. The predicted molar refractivity (Wildman–Crippen MR) is 77.9 cm³/mol. The van der Waals surface area contributed by atoms with E-state index in [9.17, 15) is 5.26 Å². The highest BCUT2D eigenvalue weighted by Crippen LogP contribution is 2.24. The summed E-state index contributed by atoms with van der Waals surface area (Å²) in [6.45, 7) is 6.67. The Morgan fingerprint density at radius 3 is 2.68 bits per heavy atom. The van der Waals surface area contributed by atoms with Crippen molar-refractivity contribution >= 4 is 0 Å². The van der Waals surface area contributed by atoms with Crippen molar-refractivity contribution in [2.24, 2.45) is 5.92 Å². The molecule has 1 heterocycles. The lowest BCUT2D eigenvalue weighted by Crippen LogP contribution is -2.45. The average Bonchev–Trinajstić information content (AvgIpc) is 3.09. The molecule has 19 heavy (non-hydrogen) atoms. The lowest BCUT2D eigenvalue weighted by molar-refractivity contribution is 0.248. The molecule has 1 aliphatic carbocycles. The van der Waals surface area contributed by atoms with E-state index in [-0.39, 0.29) is 5.54 Å². The fourth-order valence-electron chi connectivity index (χ4n) is 2.96. The van der Waals surface area contributed by atoms with Gasteiger partial charge in [-0.05, 0) is 59.2 Å². The Morgan fingerprint density at radius 2 is 2.16 bits per heavy atom. The van der Waals surface area contributed by atoms with Gasteiger partial charge in [0.2, 0.25) is 0 Å². The molecule has 1 N–H and O–H groups in total. The number of likely N-dealkylation sites (tertiary alicyclic amines) is 1. The van der Waals surface area contributed by atoms with Gasteiger partial charge in [0, 0.05) is 25.7 Å². The second kappa shape index (κ2) is 6.21. The van der Waals surface area contributed by atoms with Crippen LogP contribution in [0.2, 0.25) is 0 Å². The van der Waals surface area contributed by atoms with Crippen LogP contribution in [0.1, 0.15) is 32.6 Å². The van der Waals surface area contributed by atoms with Crippen molar-refractivity contribution in [2.45, 2.75) is 44.2 Å². The number of nitrogens with one attached hydrogen (secondary N) is 1. The summed E-state index contributed by atoms with van der Waals surface area (Å²) < 4.78 is 0. The number of nitriles is 1. The summed E-state index contributed by atoms with van der Waals surface area (Å²) in [7, 11) is 4.39. The van der Waals surface area contributed by atoms with Gasteiger partial charge in [0.1, 0.15) is 5.54 Å². The van der Waals surface area contributed by atoms with Gasteiger partial charge in [0.25, 0.3) is 0 Å². The van der Waals surface area contributed by atoms with Gasteiger partial charge in [-0.25, -0.2) is 0 Å². The largest absolute Gasteiger partial charge is 0.306 e. The SMILES string of the molecule is CN1CCC(CN(C)CCC(C)(C#N)NC2CC2)C1. The van der Waals surface area contributed by atoms with E-state index in [1.807, 2.05) is 6.92 Å². The van der Waals surface area contributed by atoms with E-state index in [4.69, 9.17) is 0 Å². The summed E-state index contributed by atoms with van der Waals surface area (Å²) in [5, 5.41) is 12.8. The molecule has 0 amide bonds. The van der Waals surface area contributed by atoms with Crippen molar-refractivity contribution in [3.05, 3.63) is 0 Å². The Kier molecular flexibility index (Phi) is 4.83. The zero-order valence-corrected chi connectivity index (χ0v) is 12.7. The summed E-state index contributed by atoms with van der Waals surface area (Å²) >= 11 is 0. The van der Waals surface area contributed by atoms with Gasteiger partial charge in [0.15, 0.2) is 0 Å². The van der Waals surface area contributed by atoms with E-state index in [1.54, 1.807) is 0 Å². The minimum atomic E-state index is -0.345. The Balaban J connectivity index is 1.69. The van der Waals surface area contributed by atoms with E-state index in [1.165, 1.54) is 32.4 Å². The maximum atomic E-state index is 9.36. The number of rotatable bonds is 7. The van der Waals surface area contributed by atoms with E-state index in [2.05, 4.69) is 35.3 Å². The monoisotopic (exact) mass is 264 g/mol. The quantitative estimate of drug-likeness (QED) is 0.752. The summed E-state index contributed by atoms with van der Waals surface area (Å²) in [4.78, 5) is 4.81. The highest BCUT2D eigenvalue weighted by Gasteiger charge is 2.32. The third-order valence-electron chi connectivity index (χ3n) is 4.40. The maximum absolute atomic E-state index is 9.36. The van der Waals surface area contributed by atoms with Crippen molar-refractivity contribution in [3.8, 4) is 6.07 Å². The van der Waals surface area contributed by atoms with Crippen molar-refractivity contribution < 1.29 is 0 Å². The van der Waals surface area contributed by atoms with Crippen LogP contribution in [0.15, 0.2) is 0 Å². The molecule has 0 bridgehead atoms. The lowest BCUT2D eigenvalue weighted by atomic mass is 9.99. The van der Waals surface area contributed by atoms with E-state index < -0.39 is 0 Å². The predicted octanol–water partition coefficient (Wildman–Crippen LogP) is 1.29. The molecule has 0 aromatic rings. The highest BCUT2D eigenvalue weighted by atomic mass is 15.2. The average molecular weight is 264 g/mol. The molecule has 2 atom stereocenters.